The van der Waals surface area contributed by atoms with Gasteiger partial charge in [0.05, 0.1) is 5.69 Å². The Morgan fingerprint density at radius 3 is 2.82 bits per heavy atom. The fourth-order valence-corrected chi connectivity index (χ4v) is 3.53. The third kappa shape index (κ3) is 3.04. The van der Waals surface area contributed by atoms with Crippen LogP contribution in [-0.2, 0) is 0 Å². The van der Waals surface area contributed by atoms with E-state index in [2.05, 4.69) is 74.1 Å². The quantitative estimate of drug-likeness (QED) is 0.862. The number of rotatable bonds is 2. The molecule has 1 saturated heterocycles. The molecule has 1 atom stereocenters. The van der Waals surface area contributed by atoms with Crippen molar-refractivity contribution in [1.82, 2.24) is 5.32 Å². The van der Waals surface area contributed by atoms with Gasteiger partial charge in [0, 0.05) is 34.1 Å². The molecule has 0 spiro atoms. The summed E-state index contributed by atoms with van der Waals surface area (Å²) in [5.41, 5.74) is 1.51. The molecule has 94 valence electrons. The zero-order chi connectivity index (χ0) is 12.5. The van der Waals surface area contributed by atoms with Crippen LogP contribution >= 0.6 is 31.9 Å². The first kappa shape index (κ1) is 13.4. The Kier molecular flexibility index (Phi) is 4.16. The lowest BCUT2D eigenvalue weighted by Crippen LogP contribution is -2.58. The summed E-state index contributed by atoms with van der Waals surface area (Å²) in [7, 11) is 0. The number of nitrogens with zero attached hydrogens (tertiary/aromatic N) is 1. The van der Waals surface area contributed by atoms with E-state index < -0.39 is 0 Å². The van der Waals surface area contributed by atoms with Gasteiger partial charge in [-0.2, -0.15) is 0 Å². The third-order valence-corrected chi connectivity index (χ3v) is 4.63. The van der Waals surface area contributed by atoms with Gasteiger partial charge in [-0.05, 0) is 47.5 Å². The van der Waals surface area contributed by atoms with Crippen LogP contribution in [-0.4, -0.2) is 25.2 Å². The van der Waals surface area contributed by atoms with E-state index in [0.29, 0.717) is 0 Å². The molecule has 0 aromatic heterocycles. The Hall–Kier alpha value is -0.0600. The molecule has 17 heavy (non-hydrogen) atoms. The van der Waals surface area contributed by atoms with Crippen molar-refractivity contribution < 1.29 is 0 Å². The summed E-state index contributed by atoms with van der Waals surface area (Å²) in [6, 6.07) is 6.39. The Bertz CT molecular complexity index is 408. The van der Waals surface area contributed by atoms with Crippen LogP contribution in [0.2, 0.25) is 0 Å². The summed E-state index contributed by atoms with van der Waals surface area (Å²) < 4.78 is 2.27. The van der Waals surface area contributed by atoms with E-state index in [1.807, 2.05) is 0 Å². The first-order valence-electron chi connectivity index (χ1n) is 5.99. The van der Waals surface area contributed by atoms with Gasteiger partial charge in [0.15, 0.2) is 0 Å². The summed E-state index contributed by atoms with van der Waals surface area (Å²) in [5, 5.41) is 3.61. The first-order valence-corrected chi connectivity index (χ1v) is 7.58. The molecule has 1 fully saturated rings. The van der Waals surface area contributed by atoms with Gasteiger partial charge >= 0.3 is 0 Å². The van der Waals surface area contributed by atoms with Crippen LogP contribution in [0.5, 0.6) is 0 Å². The number of halogens is 2. The van der Waals surface area contributed by atoms with Gasteiger partial charge < -0.3 is 10.2 Å². The summed E-state index contributed by atoms with van der Waals surface area (Å²) in [6.07, 6.45) is 1.15. The number of anilines is 1. The lowest BCUT2D eigenvalue weighted by atomic mass is 9.95. The van der Waals surface area contributed by atoms with Crippen LogP contribution in [0.1, 0.15) is 20.3 Å². The molecule has 1 aliphatic heterocycles. The molecule has 1 aliphatic rings. The molecular formula is C13H18Br2N2. The van der Waals surface area contributed by atoms with Crippen molar-refractivity contribution >= 4 is 37.5 Å². The van der Waals surface area contributed by atoms with E-state index >= 15 is 0 Å². The van der Waals surface area contributed by atoms with Crippen molar-refractivity contribution in [2.75, 3.05) is 24.5 Å². The highest BCUT2D eigenvalue weighted by atomic mass is 79.9. The Morgan fingerprint density at radius 1 is 1.41 bits per heavy atom. The minimum Gasteiger partial charge on any atom is -0.368 e. The van der Waals surface area contributed by atoms with Gasteiger partial charge in [0.2, 0.25) is 0 Å². The largest absolute Gasteiger partial charge is 0.368 e. The van der Waals surface area contributed by atoms with Crippen LogP contribution in [0.3, 0.4) is 0 Å². The van der Waals surface area contributed by atoms with Crippen molar-refractivity contribution in [3.05, 3.63) is 27.1 Å². The van der Waals surface area contributed by atoms with Crippen molar-refractivity contribution in [1.29, 1.82) is 0 Å². The van der Waals surface area contributed by atoms with Crippen LogP contribution < -0.4 is 10.2 Å². The van der Waals surface area contributed by atoms with E-state index in [-0.39, 0.29) is 5.54 Å². The Morgan fingerprint density at radius 2 is 2.18 bits per heavy atom. The normalized spacial score (nSPS) is 25.1. The van der Waals surface area contributed by atoms with E-state index in [9.17, 15) is 0 Å². The average Bonchev–Trinajstić information content (AvgIpc) is 2.29. The number of nitrogens with one attached hydrogen (secondary N) is 1. The zero-order valence-electron chi connectivity index (χ0n) is 10.3. The third-order valence-electron chi connectivity index (χ3n) is 3.50. The minimum absolute atomic E-state index is 0.227. The highest BCUT2D eigenvalue weighted by Crippen LogP contribution is 2.31. The standard InChI is InChI=1S/C13H18Br2N2/c1-3-13(2)9-17(7-6-16-13)12-5-4-10(14)8-11(12)15/h4-5,8,16H,3,6-7,9H2,1-2H3. The maximum atomic E-state index is 3.65. The SMILES string of the molecule is CCC1(C)CN(c2ccc(Br)cc2Br)CCN1. The number of piperazine rings is 1. The average molecular weight is 362 g/mol. The van der Waals surface area contributed by atoms with Gasteiger partial charge in [-0.25, -0.2) is 0 Å². The maximum Gasteiger partial charge on any atom is 0.0512 e. The van der Waals surface area contributed by atoms with E-state index in [0.717, 1.165) is 35.0 Å². The molecule has 2 nitrogen and oxygen atoms in total. The molecule has 0 radical (unpaired) electrons. The van der Waals surface area contributed by atoms with Crippen molar-refractivity contribution in [3.63, 3.8) is 0 Å². The topological polar surface area (TPSA) is 15.3 Å². The summed E-state index contributed by atoms with van der Waals surface area (Å²) in [6.45, 7) is 7.71. The lowest BCUT2D eigenvalue weighted by molar-refractivity contribution is 0.314. The second-order valence-corrected chi connectivity index (χ2v) is 6.63. The molecule has 4 heteroatoms. The molecule has 1 aromatic carbocycles. The predicted molar refractivity (Wildman–Crippen MR) is 80.8 cm³/mol. The molecule has 2 rings (SSSR count). The first-order chi connectivity index (χ1) is 8.04. The molecule has 1 unspecified atom stereocenters. The summed E-state index contributed by atoms with van der Waals surface area (Å²) in [4.78, 5) is 2.45. The van der Waals surface area contributed by atoms with Gasteiger partial charge in [-0.1, -0.05) is 22.9 Å². The monoisotopic (exact) mass is 360 g/mol. The molecule has 0 aliphatic carbocycles. The smallest absolute Gasteiger partial charge is 0.0512 e. The van der Waals surface area contributed by atoms with Gasteiger partial charge in [0.1, 0.15) is 0 Å². The lowest BCUT2D eigenvalue weighted by Gasteiger charge is -2.42. The second-order valence-electron chi connectivity index (χ2n) is 4.86. The fourth-order valence-electron chi connectivity index (χ4n) is 2.23. The Balaban J connectivity index is 2.22. The van der Waals surface area contributed by atoms with Gasteiger partial charge in [-0.3, -0.25) is 0 Å². The maximum absolute atomic E-state index is 3.65. The Labute approximate surface area is 120 Å². The molecular weight excluding hydrogens is 344 g/mol. The number of hydrogen-bond donors (Lipinski definition) is 1. The predicted octanol–water partition coefficient (Wildman–Crippen LogP) is 3.79. The minimum atomic E-state index is 0.227. The molecule has 1 N–H and O–H groups in total. The van der Waals surface area contributed by atoms with Crippen molar-refractivity contribution in [3.8, 4) is 0 Å². The molecule has 0 amide bonds. The number of benzene rings is 1. The van der Waals surface area contributed by atoms with Crippen LogP contribution in [0, 0.1) is 0 Å². The number of hydrogen-bond acceptors (Lipinski definition) is 2. The van der Waals surface area contributed by atoms with Crippen LogP contribution in [0.15, 0.2) is 27.1 Å². The molecule has 0 bridgehead atoms. The van der Waals surface area contributed by atoms with Crippen LogP contribution in [0.4, 0.5) is 5.69 Å². The highest BCUT2D eigenvalue weighted by molar-refractivity contribution is 9.11. The second kappa shape index (κ2) is 5.29. The van der Waals surface area contributed by atoms with E-state index in [4.69, 9.17) is 0 Å². The highest BCUT2D eigenvalue weighted by Gasteiger charge is 2.29. The fraction of sp³-hybridized carbons (Fsp3) is 0.538. The van der Waals surface area contributed by atoms with Gasteiger partial charge in [-0.15, -0.1) is 0 Å². The molecule has 1 heterocycles. The van der Waals surface area contributed by atoms with Gasteiger partial charge in [0.25, 0.3) is 0 Å². The van der Waals surface area contributed by atoms with Crippen LogP contribution in [0.25, 0.3) is 0 Å². The van der Waals surface area contributed by atoms with Crippen molar-refractivity contribution in [2.45, 2.75) is 25.8 Å². The van der Waals surface area contributed by atoms with E-state index in [1.165, 1.54) is 5.69 Å². The van der Waals surface area contributed by atoms with E-state index in [1.54, 1.807) is 0 Å². The van der Waals surface area contributed by atoms with Crippen molar-refractivity contribution in [2.24, 2.45) is 0 Å². The molecule has 0 saturated carbocycles. The summed E-state index contributed by atoms with van der Waals surface area (Å²) >= 11 is 7.15. The zero-order valence-corrected chi connectivity index (χ0v) is 13.4. The molecule has 1 aromatic rings. The summed E-state index contributed by atoms with van der Waals surface area (Å²) in [5.74, 6) is 0.